The zero-order valence-corrected chi connectivity index (χ0v) is 14.0. The van der Waals surface area contributed by atoms with E-state index in [1.807, 2.05) is 0 Å². The highest BCUT2D eigenvalue weighted by Gasteiger charge is 2.15. The van der Waals surface area contributed by atoms with Gasteiger partial charge in [0, 0.05) is 36.2 Å². The summed E-state index contributed by atoms with van der Waals surface area (Å²) in [6, 6.07) is 11.2. The molecular formula is C19H19FN2O3. The third-order valence-electron chi connectivity index (χ3n) is 3.65. The van der Waals surface area contributed by atoms with E-state index >= 15 is 0 Å². The maximum absolute atomic E-state index is 12.9. The molecule has 0 aromatic heterocycles. The summed E-state index contributed by atoms with van der Waals surface area (Å²) in [7, 11) is 1.51. The van der Waals surface area contributed by atoms with Crippen molar-refractivity contribution >= 4 is 17.6 Å². The fraction of sp³-hybridized carbons (Fsp3) is 0.211. The summed E-state index contributed by atoms with van der Waals surface area (Å²) >= 11 is 0. The smallest absolute Gasteiger partial charge is 0.251 e. The topological polar surface area (TPSA) is 75.3 Å². The van der Waals surface area contributed by atoms with E-state index in [0.29, 0.717) is 16.7 Å². The van der Waals surface area contributed by atoms with Crippen LogP contribution in [0.25, 0.3) is 0 Å². The van der Waals surface area contributed by atoms with Crippen LogP contribution in [0.3, 0.4) is 0 Å². The van der Waals surface area contributed by atoms with Gasteiger partial charge in [0.2, 0.25) is 0 Å². The van der Waals surface area contributed by atoms with Crippen molar-refractivity contribution in [2.75, 3.05) is 7.05 Å². The van der Waals surface area contributed by atoms with Gasteiger partial charge in [-0.2, -0.15) is 0 Å². The van der Waals surface area contributed by atoms with Crippen LogP contribution >= 0.6 is 0 Å². The van der Waals surface area contributed by atoms with Gasteiger partial charge in [0.15, 0.2) is 5.78 Å². The van der Waals surface area contributed by atoms with E-state index in [0.717, 1.165) is 0 Å². The first-order valence-corrected chi connectivity index (χ1v) is 7.82. The van der Waals surface area contributed by atoms with Gasteiger partial charge in [0.05, 0.1) is 0 Å². The average molecular weight is 342 g/mol. The number of Topliss-reactive ketones (excluding diaryl/α,β-unsaturated/α-hetero) is 1. The molecule has 6 heteroatoms. The van der Waals surface area contributed by atoms with Gasteiger partial charge in [0.1, 0.15) is 5.82 Å². The van der Waals surface area contributed by atoms with E-state index in [1.54, 1.807) is 25.1 Å². The second-order valence-corrected chi connectivity index (χ2v) is 5.67. The fourth-order valence-corrected chi connectivity index (χ4v) is 2.34. The van der Waals surface area contributed by atoms with Crippen LogP contribution in [0.15, 0.2) is 48.5 Å². The number of amides is 2. The van der Waals surface area contributed by atoms with Crippen LogP contribution in [0, 0.1) is 5.82 Å². The Morgan fingerprint density at radius 2 is 1.56 bits per heavy atom. The molecule has 0 aliphatic rings. The number of ketones is 1. The maximum atomic E-state index is 12.9. The Balaban J connectivity index is 1.99. The lowest BCUT2D eigenvalue weighted by Gasteiger charge is -2.14. The van der Waals surface area contributed by atoms with Crippen molar-refractivity contribution in [3.63, 3.8) is 0 Å². The first-order chi connectivity index (χ1) is 11.9. The van der Waals surface area contributed by atoms with Crippen molar-refractivity contribution in [2.24, 2.45) is 0 Å². The van der Waals surface area contributed by atoms with Crippen LogP contribution in [0.4, 0.5) is 4.39 Å². The van der Waals surface area contributed by atoms with E-state index < -0.39 is 11.9 Å². The molecule has 0 saturated heterocycles. The number of hydrogen-bond acceptors (Lipinski definition) is 3. The molecule has 25 heavy (non-hydrogen) atoms. The SMILES string of the molecule is CNC(=O)c1cccc(C(=O)NC(C)CC(=O)c2ccc(F)cc2)c1. The van der Waals surface area contributed by atoms with Gasteiger partial charge >= 0.3 is 0 Å². The van der Waals surface area contributed by atoms with Crippen molar-refractivity contribution in [3.8, 4) is 0 Å². The van der Waals surface area contributed by atoms with E-state index in [1.165, 1.54) is 37.4 Å². The predicted octanol–water partition coefficient (Wildman–Crippen LogP) is 2.58. The maximum Gasteiger partial charge on any atom is 0.251 e. The molecule has 2 amide bonds. The Morgan fingerprint density at radius 3 is 2.16 bits per heavy atom. The Bertz CT molecular complexity index is 788. The highest BCUT2D eigenvalue weighted by atomic mass is 19.1. The highest BCUT2D eigenvalue weighted by molar-refractivity contribution is 6.00. The highest BCUT2D eigenvalue weighted by Crippen LogP contribution is 2.09. The van der Waals surface area contributed by atoms with Gasteiger partial charge in [-0.1, -0.05) is 6.07 Å². The lowest BCUT2D eigenvalue weighted by atomic mass is 10.0. The van der Waals surface area contributed by atoms with Crippen molar-refractivity contribution in [3.05, 3.63) is 71.0 Å². The standard InChI is InChI=1S/C19H19FN2O3/c1-12(10-17(23)13-6-8-16(20)9-7-13)22-19(25)15-5-3-4-14(11-15)18(24)21-2/h3-9,11-12H,10H2,1-2H3,(H,21,24)(H,22,25). The molecule has 5 nitrogen and oxygen atoms in total. The normalized spacial score (nSPS) is 11.5. The van der Waals surface area contributed by atoms with Crippen LogP contribution in [0.5, 0.6) is 0 Å². The lowest BCUT2D eigenvalue weighted by Crippen LogP contribution is -2.34. The molecule has 0 fully saturated rings. The lowest BCUT2D eigenvalue weighted by molar-refractivity contribution is 0.0917. The molecule has 2 rings (SSSR count). The monoisotopic (exact) mass is 342 g/mol. The molecule has 2 aromatic carbocycles. The van der Waals surface area contributed by atoms with Crippen molar-refractivity contribution in [1.29, 1.82) is 0 Å². The Labute approximate surface area is 145 Å². The van der Waals surface area contributed by atoms with E-state index in [-0.39, 0.29) is 24.0 Å². The summed E-state index contributed by atoms with van der Waals surface area (Å²) in [5, 5.41) is 5.22. The van der Waals surface area contributed by atoms with Crippen LogP contribution < -0.4 is 10.6 Å². The summed E-state index contributed by atoms with van der Waals surface area (Å²) in [6.07, 6.45) is 0.0898. The second kappa shape index (κ2) is 8.19. The zero-order chi connectivity index (χ0) is 18.4. The average Bonchev–Trinajstić information content (AvgIpc) is 2.61. The third-order valence-corrected chi connectivity index (χ3v) is 3.65. The molecule has 0 aliphatic carbocycles. The number of halogens is 1. The van der Waals surface area contributed by atoms with Gasteiger partial charge < -0.3 is 10.6 Å². The van der Waals surface area contributed by atoms with Crippen LogP contribution in [0.1, 0.15) is 44.4 Å². The Hall–Kier alpha value is -3.02. The minimum absolute atomic E-state index is 0.0898. The fourth-order valence-electron chi connectivity index (χ4n) is 2.34. The molecule has 1 atom stereocenters. The number of carbonyl (C=O) groups is 3. The number of benzene rings is 2. The second-order valence-electron chi connectivity index (χ2n) is 5.67. The van der Waals surface area contributed by atoms with Gasteiger partial charge in [0.25, 0.3) is 11.8 Å². The minimum Gasteiger partial charge on any atom is -0.355 e. The molecule has 0 radical (unpaired) electrons. The third kappa shape index (κ3) is 4.97. The summed E-state index contributed by atoms with van der Waals surface area (Å²) in [6.45, 7) is 1.71. The summed E-state index contributed by atoms with van der Waals surface area (Å²) < 4.78 is 12.9. The molecule has 0 bridgehead atoms. The summed E-state index contributed by atoms with van der Waals surface area (Å²) in [5.41, 5.74) is 1.11. The number of rotatable bonds is 6. The van der Waals surface area contributed by atoms with Crippen molar-refractivity contribution in [1.82, 2.24) is 10.6 Å². The molecule has 0 heterocycles. The van der Waals surface area contributed by atoms with Gasteiger partial charge in [-0.15, -0.1) is 0 Å². The van der Waals surface area contributed by atoms with Crippen LogP contribution in [0.2, 0.25) is 0 Å². The zero-order valence-electron chi connectivity index (χ0n) is 14.0. The quantitative estimate of drug-likeness (QED) is 0.792. The van der Waals surface area contributed by atoms with Crippen molar-refractivity contribution < 1.29 is 18.8 Å². The molecule has 1 unspecified atom stereocenters. The molecule has 0 saturated carbocycles. The molecule has 0 spiro atoms. The van der Waals surface area contributed by atoms with Crippen molar-refractivity contribution in [2.45, 2.75) is 19.4 Å². The Morgan fingerprint density at radius 1 is 0.960 bits per heavy atom. The van der Waals surface area contributed by atoms with Crippen LogP contribution in [-0.4, -0.2) is 30.7 Å². The molecule has 0 aliphatic heterocycles. The minimum atomic E-state index is -0.409. The largest absolute Gasteiger partial charge is 0.355 e. The first kappa shape index (κ1) is 18.3. The van der Waals surface area contributed by atoms with E-state index in [2.05, 4.69) is 10.6 Å². The number of carbonyl (C=O) groups excluding carboxylic acids is 3. The van der Waals surface area contributed by atoms with E-state index in [4.69, 9.17) is 0 Å². The van der Waals surface area contributed by atoms with E-state index in [9.17, 15) is 18.8 Å². The van der Waals surface area contributed by atoms with Gasteiger partial charge in [-0.25, -0.2) is 4.39 Å². The van der Waals surface area contributed by atoms with Gasteiger partial charge in [-0.05, 0) is 49.4 Å². The molecule has 130 valence electrons. The molecule has 2 aromatic rings. The predicted molar refractivity (Wildman–Crippen MR) is 92.1 cm³/mol. The Kier molecular flexibility index (Phi) is 6.00. The van der Waals surface area contributed by atoms with Crippen LogP contribution in [-0.2, 0) is 0 Å². The molecular weight excluding hydrogens is 323 g/mol. The molecule has 2 N–H and O–H groups in total. The van der Waals surface area contributed by atoms with Gasteiger partial charge in [-0.3, -0.25) is 14.4 Å². The summed E-state index contributed by atoms with van der Waals surface area (Å²) in [4.78, 5) is 36.0. The first-order valence-electron chi connectivity index (χ1n) is 7.82. The summed E-state index contributed by atoms with van der Waals surface area (Å²) in [5.74, 6) is -1.25. The number of hydrogen-bond donors (Lipinski definition) is 2. The number of nitrogens with one attached hydrogen (secondary N) is 2.